The van der Waals surface area contributed by atoms with E-state index >= 15 is 0 Å². The van der Waals surface area contributed by atoms with E-state index < -0.39 is 0 Å². The Morgan fingerprint density at radius 1 is 1.07 bits per heavy atom. The first kappa shape index (κ1) is 8.23. The average Bonchev–Trinajstić information content (AvgIpc) is 2.77. The minimum absolute atomic E-state index is 0.291. The van der Waals surface area contributed by atoms with E-state index in [1.807, 2.05) is 30.3 Å². The monoisotopic (exact) mass is 200 g/mol. The lowest BCUT2D eigenvalue weighted by Gasteiger charge is -2.00. The van der Waals surface area contributed by atoms with Crippen LogP contribution in [0.1, 0.15) is 0 Å². The number of ether oxygens (including phenoxy) is 2. The summed E-state index contributed by atoms with van der Waals surface area (Å²) in [5, 5.41) is 7.86. The van der Waals surface area contributed by atoms with Crippen molar-refractivity contribution < 1.29 is 9.47 Å². The zero-order valence-electron chi connectivity index (χ0n) is 7.88. The van der Waals surface area contributed by atoms with Crippen molar-refractivity contribution in [2.24, 2.45) is 0 Å². The summed E-state index contributed by atoms with van der Waals surface area (Å²) >= 11 is 0. The number of nitrogens with zero attached hydrogens (tertiary/aromatic N) is 2. The van der Waals surface area contributed by atoms with E-state index in [-0.39, 0.29) is 0 Å². The fraction of sp³-hybridized carbons (Fsp3) is 0.0909. The summed E-state index contributed by atoms with van der Waals surface area (Å²) in [4.78, 5) is 0. The molecule has 2 heterocycles. The first-order chi connectivity index (χ1) is 7.43. The molecule has 0 saturated heterocycles. The summed E-state index contributed by atoms with van der Waals surface area (Å²) in [6.07, 6.45) is 1.65. The van der Waals surface area contributed by atoms with E-state index in [0.29, 0.717) is 6.79 Å². The highest BCUT2D eigenvalue weighted by atomic mass is 16.7. The van der Waals surface area contributed by atoms with Crippen molar-refractivity contribution in [3.63, 3.8) is 0 Å². The van der Waals surface area contributed by atoms with Gasteiger partial charge < -0.3 is 9.47 Å². The Morgan fingerprint density at radius 2 is 2.00 bits per heavy atom. The van der Waals surface area contributed by atoms with Gasteiger partial charge in [0.05, 0.1) is 5.69 Å². The van der Waals surface area contributed by atoms with Crippen LogP contribution in [0, 0.1) is 0 Å². The quantitative estimate of drug-likeness (QED) is 0.704. The molecular weight excluding hydrogens is 192 g/mol. The Hall–Kier alpha value is -2.10. The van der Waals surface area contributed by atoms with Crippen molar-refractivity contribution in [1.29, 1.82) is 0 Å². The zero-order valence-corrected chi connectivity index (χ0v) is 7.88. The van der Waals surface area contributed by atoms with E-state index in [4.69, 9.17) is 9.47 Å². The van der Waals surface area contributed by atoms with Gasteiger partial charge in [-0.15, -0.1) is 0 Å². The van der Waals surface area contributed by atoms with Crippen molar-refractivity contribution in [3.8, 4) is 22.8 Å². The van der Waals surface area contributed by atoms with Crippen molar-refractivity contribution in [2.75, 3.05) is 6.79 Å². The Morgan fingerprint density at radius 3 is 2.87 bits per heavy atom. The molecule has 0 spiro atoms. The van der Waals surface area contributed by atoms with Crippen LogP contribution in [0.5, 0.6) is 11.5 Å². The van der Waals surface area contributed by atoms with Gasteiger partial charge in [-0.05, 0) is 30.3 Å². The second kappa shape index (κ2) is 3.24. The van der Waals surface area contributed by atoms with Crippen LogP contribution in [-0.4, -0.2) is 17.0 Å². The van der Waals surface area contributed by atoms with Gasteiger partial charge in [-0.25, -0.2) is 0 Å². The molecule has 3 rings (SSSR count). The first-order valence-corrected chi connectivity index (χ1v) is 4.61. The van der Waals surface area contributed by atoms with Crippen LogP contribution >= 0.6 is 0 Å². The number of hydrogen-bond donors (Lipinski definition) is 0. The maximum atomic E-state index is 5.29. The fourth-order valence-corrected chi connectivity index (χ4v) is 1.51. The molecule has 1 aliphatic heterocycles. The molecule has 1 aliphatic rings. The molecule has 0 N–H and O–H groups in total. The SMILES string of the molecule is c1cnnc(-c2ccc3c(c2)OCO3)c1. The number of benzene rings is 1. The van der Waals surface area contributed by atoms with Crippen LogP contribution in [-0.2, 0) is 0 Å². The topological polar surface area (TPSA) is 44.2 Å². The molecule has 0 unspecified atom stereocenters. The fourth-order valence-electron chi connectivity index (χ4n) is 1.51. The Bertz CT molecular complexity index is 485. The van der Waals surface area contributed by atoms with E-state index in [0.717, 1.165) is 22.8 Å². The van der Waals surface area contributed by atoms with Gasteiger partial charge in [0.25, 0.3) is 0 Å². The summed E-state index contributed by atoms with van der Waals surface area (Å²) in [5.41, 5.74) is 1.81. The highest BCUT2D eigenvalue weighted by Crippen LogP contribution is 2.35. The van der Waals surface area contributed by atoms with Crippen LogP contribution < -0.4 is 9.47 Å². The van der Waals surface area contributed by atoms with Gasteiger partial charge in [-0.2, -0.15) is 10.2 Å². The number of rotatable bonds is 1. The third-order valence-electron chi connectivity index (χ3n) is 2.24. The van der Waals surface area contributed by atoms with Crippen LogP contribution in [0.15, 0.2) is 36.5 Å². The minimum atomic E-state index is 0.291. The van der Waals surface area contributed by atoms with Gasteiger partial charge in [0.2, 0.25) is 6.79 Å². The van der Waals surface area contributed by atoms with E-state index in [1.54, 1.807) is 6.20 Å². The van der Waals surface area contributed by atoms with Crippen LogP contribution in [0.2, 0.25) is 0 Å². The molecule has 2 aromatic rings. The molecule has 0 bridgehead atoms. The summed E-state index contributed by atoms with van der Waals surface area (Å²) < 4.78 is 10.5. The lowest BCUT2D eigenvalue weighted by Crippen LogP contribution is -1.92. The molecule has 0 radical (unpaired) electrons. The molecule has 74 valence electrons. The van der Waals surface area contributed by atoms with Crippen LogP contribution in [0.4, 0.5) is 0 Å². The predicted octanol–water partition coefficient (Wildman–Crippen LogP) is 1.87. The number of fused-ring (bicyclic) bond motifs is 1. The number of aromatic nitrogens is 2. The third-order valence-corrected chi connectivity index (χ3v) is 2.24. The second-order valence-corrected chi connectivity index (χ2v) is 3.18. The van der Waals surface area contributed by atoms with E-state index in [2.05, 4.69) is 10.2 Å². The van der Waals surface area contributed by atoms with Gasteiger partial charge in [-0.1, -0.05) is 0 Å². The molecule has 0 aliphatic carbocycles. The molecule has 4 nitrogen and oxygen atoms in total. The minimum Gasteiger partial charge on any atom is -0.454 e. The van der Waals surface area contributed by atoms with Gasteiger partial charge >= 0.3 is 0 Å². The van der Waals surface area contributed by atoms with Gasteiger partial charge in [0, 0.05) is 11.8 Å². The van der Waals surface area contributed by atoms with Crippen molar-refractivity contribution in [2.45, 2.75) is 0 Å². The summed E-state index contributed by atoms with van der Waals surface area (Å²) in [7, 11) is 0. The molecule has 0 fully saturated rings. The molecule has 0 amide bonds. The molecule has 1 aromatic carbocycles. The highest BCUT2D eigenvalue weighted by Gasteiger charge is 2.13. The summed E-state index contributed by atoms with van der Waals surface area (Å²) in [6, 6.07) is 9.49. The molecule has 15 heavy (non-hydrogen) atoms. The van der Waals surface area contributed by atoms with Crippen molar-refractivity contribution in [1.82, 2.24) is 10.2 Å². The summed E-state index contributed by atoms with van der Waals surface area (Å²) in [5.74, 6) is 1.54. The average molecular weight is 200 g/mol. The van der Waals surface area contributed by atoms with Crippen LogP contribution in [0.25, 0.3) is 11.3 Å². The molecule has 0 atom stereocenters. The molecule has 0 saturated carbocycles. The molecular formula is C11H8N2O2. The largest absolute Gasteiger partial charge is 0.454 e. The lowest BCUT2D eigenvalue weighted by atomic mass is 10.1. The van der Waals surface area contributed by atoms with Crippen LogP contribution in [0.3, 0.4) is 0 Å². The third kappa shape index (κ3) is 1.40. The van der Waals surface area contributed by atoms with E-state index in [1.165, 1.54) is 0 Å². The van der Waals surface area contributed by atoms with E-state index in [9.17, 15) is 0 Å². The van der Waals surface area contributed by atoms with Crippen molar-refractivity contribution >= 4 is 0 Å². The highest BCUT2D eigenvalue weighted by molar-refractivity contribution is 5.63. The molecule has 4 heteroatoms. The maximum Gasteiger partial charge on any atom is 0.231 e. The summed E-state index contributed by atoms with van der Waals surface area (Å²) in [6.45, 7) is 0.291. The first-order valence-electron chi connectivity index (χ1n) is 4.61. The Labute approximate surface area is 86.5 Å². The van der Waals surface area contributed by atoms with Gasteiger partial charge in [-0.3, -0.25) is 0 Å². The smallest absolute Gasteiger partial charge is 0.231 e. The number of hydrogen-bond acceptors (Lipinski definition) is 4. The lowest BCUT2D eigenvalue weighted by molar-refractivity contribution is 0.174. The second-order valence-electron chi connectivity index (χ2n) is 3.18. The Kier molecular flexibility index (Phi) is 1.78. The van der Waals surface area contributed by atoms with Gasteiger partial charge in [0.1, 0.15) is 0 Å². The Balaban J connectivity index is 2.07. The maximum absolute atomic E-state index is 5.29. The zero-order chi connectivity index (χ0) is 10.1. The van der Waals surface area contributed by atoms with Gasteiger partial charge in [0.15, 0.2) is 11.5 Å². The molecule has 1 aromatic heterocycles. The van der Waals surface area contributed by atoms with Crippen molar-refractivity contribution in [3.05, 3.63) is 36.5 Å². The predicted molar refractivity (Wildman–Crippen MR) is 53.6 cm³/mol. The standard InChI is InChI=1S/C11H8N2O2/c1-2-9(13-12-5-1)8-3-4-10-11(6-8)15-7-14-10/h1-6H,7H2. The normalized spacial score (nSPS) is 12.8.